The van der Waals surface area contributed by atoms with E-state index in [2.05, 4.69) is 4.72 Å². The van der Waals surface area contributed by atoms with E-state index in [9.17, 15) is 21.6 Å². The van der Waals surface area contributed by atoms with Crippen LogP contribution in [0, 0.1) is 17.5 Å². The van der Waals surface area contributed by atoms with Crippen molar-refractivity contribution in [1.29, 1.82) is 0 Å². The normalized spacial score (nSPS) is 11.6. The largest absolute Gasteiger partial charge is 0.398 e. The molecule has 0 saturated heterocycles. The first-order valence-electron chi connectivity index (χ1n) is 5.78. The third-order valence-electron chi connectivity index (χ3n) is 2.72. The van der Waals surface area contributed by atoms with E-state index < -0.39 is 32.4 Å². The predicted octanol–water partition coefficient (Wildman–Crippen LogP) is 2.16. The van der Waals surface area contributed by atoms with E-state index in [-0.39, 0.29) is 17.8 Å². The number of anilines is 1. The Kier molecular flexibility index (Phi) is 4.19. The lowest BCUT2D eigenvalue weighted by Gasteiger charge is -2.09. The number of nitrogen functional groups attached to an aromatic ring is 1. The molecule has 0 atom stereocenters. The number of hydrogen-bond acceptors (Lipinski definition) is 3. The summed E-state index contributed by atoms with van der Waals surface area (Å²) < 4.78 is 65.0. The summed E-state index contributed by atoms with van der Waals surface area (Å²) in [7, 11) is -4.07. The number of hydrogen-bond donors (Lipinski definition) is 2. The molecular formula is C13H11F3N2O2S. The molecule has 0 aliphatic carbocycles. The van der Waals surface area contributed by atoms with Crippen LogP contribution in [0.4, 0.5) is 18.9 Å². The molecule has 3 N–H and O–H groups in total. The zero-order valence-corrected chi connectivity index (χ0v) is 11.4. The number of sulfonamides is 1. The molecule has 8 heteroatoms. The lowest BCUT2D eigenvalue weighted by atomic mass is 10.2. The molecule has 0 aliphatic rings. The van der Waals surface area contributed by atoms with E-state index in [1.165, 1.54) is 6.07 Å². The number of nitrogens with two attached hydrogens (primary N) is 1. The predicted molar refractivity (Wildman–Crippen MR) is 71.2 cm³/mol. The lowest BCUT2D eigenvalue weighted by molar-refractivity contribution is 0.506. The first kappa shape index (κ1) is 15.3. The molecule has 4 nitrogen and oxygen atoms in total. The van der Waals surface area contributed by atoms with Crippen molar-refractivity contribution in [1.82, 2.24) is 4.72 Å². The van der Waals surface area contributed by atoms with E-state index in [0.717, 1.165) is 30.3 Å². The monoisotopic (exact) mass is 316 g/mol. The maximum absolute atomic E-state index is 13.1. The minimum absolute atomic E-state index is 0.116. The summed E-state index contributed by atoms with van der Waals surface area (Å²) in [6.07, 6.45) is 0. The van der Waals surface area contributed by atoms with Crippen molar-refractivity contribution < 1.29 is 21.6 Å². The van der Waals surface area contributed by atoms with Gasteiger partial charge in [0.15, 0.2) is 11.6 Å². The van der Waals surface area contributed by atoms with E-state index in [4.69, 9.17) is 5.73 Å². The van der Waals surface area contributed by atoms with Gasteiger partial charge in [-0.3, -0.25) is 0 Å². The summed E-state index contributed by atoms with van der Waals surface area (Å²) in [6, 6.07) is 5.92. The molecule has 0 radical (unpaired) electrons. The molecule has 0 aliphatic heterocycles. The molecule has 0 amide bonds. The molecule has 2 rings (SSSR count). The fourth-order valence-electron chi connectivity index (χ4n) is 1.65. The Bertz CT molecular complexity index is 779. The van der Waals surface area contributed by atoms with Crippen molar-refractivity contribution in [3.05, 3.63) is 59.4 Å². The average molecular weight is 316 g/mol. The van der Waals surface area contributed by atoms with Gasteiger partial charge in [0.05, 0.1) is 5.69 Å². The summed E-state index contributed by atoms with van der Waals surface area (Å²) in [5.41, 5.74) is 5.59. The fraction of sp³-hybridized carbons (Fsp3) is 0.0769. The highest BCUT2D eigenvalue weighted by molar-refractivity contribution is 7.89. The molecule has 112 valence electrons. The topological polar surface area (TPSA) is 72.2 Å². The Morgan fingerprint density at radius 3 is 2.38 bits per heavy atom. The van der Waals surface area contributed by atoms with Crippen LogP contribution in [-0.2, 0) is 16.6 Å². The van der Waals surface area contributed by atoms with Crippen molar-refractivity contribution >= 4 is 15.7 Å². The molecule has 0 spiro atoms. The molecule has 0 saturated carbocycles. The van der Waals surface area contributed by atoms with Gasteiger partial charge in [0.25, 0.3) is 0 Å². The van der Waals surface area contributed by atoms with E-state index in [1.807, 2.05) is 0 Å². The summed E-state index contributed by atoms with van der Waals surface area (Å²) >= 11 is 0. The highest BCUT2D eigenvalue weighted by atomic mass is 32.2. The van der Waals surface area contributed by atoms with Crippen molar-refractivity contribution in [3.63, 3.8) is 0 Å². The van der Waals surface area contributed by atoms with Crippen LogP contribution in [0.2, 0.25) is 0 Å². The Morgan fingerprint density at radius 2 is 1.71 bits per heavy atom. The zero-order chi connectivity index (χ0) is 15.6. The third kappa shape index (κ3) is 3.53. The van der Waals surface area contributed by atoms with Crippen LogP contribution in [0.15, 0.2) is 41.3 Å². The molecule has 2 aromatic carbocycles. The highest BCUT2D eigenvalue weighted by Crippen LogP contribution is 2.19. The van der Waals surface area contributed by atoms with Crippen LogP contribution in [0.5, 0.6) is 0 Å². The summed E-state index contributed by atoms with van der Waals surface area (Å²) in [4.78, 5) is -0.412. The molecule has 2 aromatic rings. The lowest BCUT2D eigenvalue weighted by Crippen LogP contribution is -2.24. The molecule has 0 aromatic heterocycles. The van der Waals surface area contributed by atoms with Gasteiger partial charge in [0.1, 0.15) is 10.7 Å². The van der Waals surface area contributed by atoms with Crippen LogP contribution in [-0.4, -0.2) is 8.42 Å². The standard InChI is InChI=1S/C13H11F3N2O2S/c14-9-2-4-12(17)13(6-9)21(19,20)18-7-8-1-3-10(15)11(16)5-8/h1-6,18H,7,17H2. The van der Waals surface area contributed by atoms with Crippen molar-refractivity contribution in [2.24, 2.45) is 0 Å². The van der Waals surface area contributed by atoms with Gasteiger partial charge in [-0.15, -0.1) is 0 Å². The minimum atomic E-state index is -4.07. The molecule has 0 unspecified atom stereocenters. The zero-order valence-electron chi connectivity index (χ0n) is 10.6. The van der Waals surface area contributed by atoms with Gasteiger partial charge in [-0.05, 0) is 35.9 Å². The SMILES string of the molecule is Nc1ccc(F)cc1S(=O)(=O)NCc1ccc(F)c(F)c1. The van der Waals surface area contributed by atoms with Gasteiger partial charge in [-0.2, -0.15) is 0 Å². The van der Waals surface area contributed by atoms with Crippen LogP contribution in [0.3, 0.4) is 0 Å². The quantitative estimate of drug-likeness (QED) is 0.849. The third-order valence-corrected chi connectivity index (χ3v) is 4.17. The van der Waals surface area contributed by atoms with Gasteiger partial charge in [0.2, 0.25) is 10.0 Å². The number of rotatable bonds is 4. The van der Waals surface area contributed by atoms with Crippen LogP contribution < -0.4 is 10.5 Å². The van der Waals surface area contributed by atoms with Gasteiger partial charge >= 0.3 is 0 Å². The highest BCUT2D eigenvalue weighted by Gasteiger charge is 2.18. The van der Waals surface area contributed by atoms with Crippen LogP contribution in [0.25, 0.3) is 0 Å². The maximum atomic E-state index is 13.1. The van der Waals surface area contributed by atoms with Crippen molar-refractivity contribution in [3.8, 4) is 0 Å². The molecular weight excluding hydrogens is 305 g/mol. The first-order chi connectivity index (χ1) is 9.79. The average Bonchev–Trinajstić information content (AvgIpc) is 2.43. The first-order valence-corrected chi connectivity index (χ1v) is 7.26. The Labute approximate surface area is 119 Å². The van der Waals surface area contributed by atoms with Crippen molar-refractivity contribution in [2.75, 3.05) is 5.73 Å². The van der Waals surface area contributed by atoms with Gasteiger partial charge in [-0.1, -0.05) is 6.07 Å². The smallest absolute Gasteiger partial charge is 0.243 e. The second-order valence-corrected chi connectivity index (χ2v) is 5.99. The summed E-state index contributed by atoms with van der Waals surface area (Å²) in [5, 5.41) is 0. The second kappa shape index (κ2) is 5.74. The summed E-state index contributed by atoms with van der Waals surface area (Å²) in [6.45, 7) is -0.282. The second-order valence-electron chi connectivity index (χ2n) is 4.26. The fourth-order valence-corrected chi connectivity index (χ4v) is 2.80. The van der Waals surface area contributed by atoms with E-state index in [0.29, 0.717) is 0 Å². The van der Waals surface area contributed by atoms with Gasteiger partial charge < -0.3 is 5.73 Å². The molecule has 0 heterocycles. The van der Waals surface area contributed by atoms with E-state index >= 15 is 0 Å². The Balaban J connectivity index is 2.21. The van der Waals surface area contributed by atoms with Crippen LogP contribution in [0.1, 0.15) is 5.56 Å². The minimum Gasteiger partial charge on any atom is -0.398 e. The number of halogens is 3. The van der Waals surface area contributed by atoms with Gasteiger partial charge in [0, 0.05) is 6.54 Å². The molecule has 0 bridgehead atoms. The Hall–Kier alpha value is -2.06. The van der Waals surface area contributed by atoms with Crippen LogP contribution >= 0.6 is 0 Å². The maximum Gasteiger partial charge on any atom is 0.243 e. The molecule has 0 fully saturated rings. The summed E-state index contributed by atoms with van der Waals surface area (Å²) in [5.74, 6) is -2.87. The van der Waals surface area contributed by atoms with Gasteiger partial charge in [-0.25, -0.2) is 26.3 Å². The van der Waals surface area contributed by atoms with Crippen molar-refractivity contribution in [2.45, 2.75) is 11.4 Å². The molecule has 21 heavy (non-hydrogen) atoms. The number of benzene rings is 2. The Morgan fingerprint density at radius 1 is 1.00 bits per heavy atom. The van der Waals surface area contributed by atoms with E-state index in [1.54, 1.807) is 0 Å². The number of nitrogens with one attached hydrogen (secondary N) is 1.